The predicted octanol–water partition coefficient (Wildman–Crippen LogP) is 4.98. The van der Waals surface area contributed by atoms with E-state index in [2.05, 4.69) is 15.2 Å². The number of thioether (sulfide) groups is 1. The Morgan fingerprint density at radius 2 is 1.96 bits per heavy atom. The Kier molecular flexibility index (Phi) is 5.16. The summed E-state index contributed by atoms with van der Waals surface area (Å²) >= 11 is 1.25. The molecule has 1 unspecified atom stereocenters. The van der Waals surface area contributed by atoms with E-state index in [0.29, 0.717) is 29.0 Å². The van der Waals surface area contributed by atoms with Gasteiger partial charge in [-0.2, -0.15) is 0 Å². The lowest BCUT2D eigenvalue weighted by Crippen LogP contribution is -2.13. The van der Waals surface area contributed by atoms with Gasteiger partial charge < -0.3 is 14.1 Å². The first kappa shape index (κ1) is 18.3. The van der Waals surface area contributed by atoms with Crippen LogP contribution >= 0.6 is 11.8 Å². The molecule has 2 aromatic carbocycles. The highest BCUT2D eigenvalue weighted by Crippen LogP contribution is 2.33. The summed E-state index contributed by atoms with van der Waals surface area (Å²) in [6.45, 7) is 4.31. The maximum absolute atomic E-state index is 12.9. The fourth-order valence-electron chi connectivity index (χ4n) is 2.99. The van der Waals surface area contributed by atoms with Crippen LogP contribution in [-0.4, -0.2) is 32.8 Å². The third kappa shape index (κ3) is 3.53. The van der Waals surface area contributed by atoms with Crippen molar-refractivity contribution in [3.8, 4) is 17.2 Å². The van der Waals surface area contributed by atoms with Gasteiger partial charge in [0.1, 0.15) is 5.75 Å². The molecular formula is C21H19N3O3S. The number of carbonyl (C=O) groups excluding carboxylic acids is 1. The summed E-state index contributed by atoms with van der Waals surface area (Å²) in [7, 11) is 0. The zero-order valence-electron chi connectivity index (χ0n) is 15.5. The van der Waals surface area contributed by atoms with E-state index in [1.54, 1.807) is 6.20 Å². The van der Waals surface area contributed by atoms with Crippen molar-refractivity contribution < 1.29 is 13.9 Å². The molecule has 0 saturated heterocycles. The Labute approximate surface area is 166 Å². The first-order chi connectivity index (χ1) is 13.7. The van der Waals surface area contributed by atoms with Crippen LogP contribution in [0.2, 0.25) is 0 Å². The number of nitrogens with one attached hydrogen (secondary N) is 1. The van der Waals surface area contributed by atoms with E-state index in [9.17, 15) is 4.79 Å². The van der Waals surface area contributed by atoms with Crippen molar-refractivity contribution in [3.05, 3.63) is 60.3 Å². The van der Waals surface area contributed by atoms with Gasteiger partial charge in [-0.15, -0.1) is 10.2 Å². The van der Waals surface area contributed by atoms with Crippen molar-refractivity contribution in [3.63, 3.8) is 0 Å². The van der Waals surface area contributed by atoms with Gasteiger partial charge in [0.25, 0.3) is 11.1 Å². The van der Waals surface area contributed by atoms with Crippen molar-refractivity contribution in [1.29, 1.82) is 0 Å². The highest BCUT2D eigenvalue weighted by atomic mass is 32.2. The molecule has 0 bridgehead atoms. The summed E-state index contributed by atoms with van der Waals surface area (Å²) < 4.78 is 11.4. The zero-order chi connectivity index (χ0) is 19.5. The van der Waals surface area contributed by atoms with E-state index < -0.39 is 0 Å². The summed E-state index contributed by atoms with van der Waals surface area (Å²) in [5.74, 6) is 1.07. The number of ketones is 1. The summed E-state index contributed by atoms with van der Waals surface area (Å²) in [4.78, 5) is 16.0. The van der Waals surface area contributed by atoms with Crippen molar-refractivity contribution >= 4 is 28.4 Å². The Bertz CT molecular complexity index is 1120. The van der Waals surface area contributed by atoms with E-state index in [4.69, 9.17) is 9.15 Å². The number of aromatic nitrogens is 3. The Morgan fingerprint density at radius 3 is 2.82 bits per heavy atom. The number of benzene rings is 2. The van der Waals surface area contributed by atoms with E-state index in [0.717, 1.165) is 16.5 Å². The first-order valence-corrected chi connectivity index (χ1v) is 9.88. The summed E-state index contributed by atoms with van der Waals surface area (Å²) in [6.07, 6.45) is 1.75. The highest BCUT2D eigenvalue weighted by Gasteiger charge is 2.23. The minimum Gasteiger partial charge on any atom is -0.493 e. The minimum absolute atomic E-state index is 0.0110. The van der Waals surface area contributed by atoms with Gasteiger partial charge in [0.15, 0.2) is 5.78 Å². The van der Waals surface area contributed by atoms with Crippen molar-refractivity contribution in [2.45, 2.75) is 24.3 Å². The second-order valence-electron chi connectivity index (χ2n) is 6.17. The van der Waals surface area contributed by atoms with Gasteiger partial charge in [0, 0.05) is 22.7 Å². The Balaban J connectivity index is 1.53. The molecule has 2 aromatic heterocycles. The topological polar surface area (TPSA) is 81.0 Å². The molecule has 0 amide bonds. The number of H-pyrrole nitrogens is 1. The summed E-state index contributed by atoms with van der Waals surface area (Å²) in [5, 5.41) is 9.11. The van der Waals surface area contributed by atoms with Crippen LogP contribution in [0.25, 0.3) is 22.4 Å². The summed E-state index contributed by atoms with van der Waals surface area (Å²) in [6, 6.07) is 15.2. The molecule has 0 spiro atoms. The third-order valence-corrected chi connectivity index (χ3v) is 5.26. The molecule has 0 saturated carbocycles. The fraction of sp³-hybridized carbons (Fsp3) is 0.190. The number of carbonyl (C=O) groups is 1. The molecular weight excluding hydrogens is 374 g/mol. The molecule has 4 aromatic rings. The monoisotopic (exact) mass is 393 g/mol. The van der Waals surface area contributed by atoms with Crippen LogP contribution < -0.4 is 4.74 Å². The number of aromatic amines is 1. The standard InChI is InChI=1S/C21H19N3O3S/c1-3-26-18-11-7-5-9-15(18)20-23-24-21(27-20)28-13(2)19(25)16-12-22-17-10-6-4-8-14(16)17/h4-13,22H,3H2,1-2H3. The zero-order valence-corrected chi connectivity index (χ0v) is 16.3. The van der Waals surface area contributed by atoms with E-state index in [1.807, 2.05) is 62.4 Å². The van der Waals surface area contributed by atoms with Crippen LogP contribution in [0.5, 0.6) is 5.75 Å². The molecule has 7 heteroatoms. The molecule has 0 aliphatic carbocycles. The van der Waals surface area contributed by atoms with Gasteiger partial charge >= 0.3 is 0 Å². The lowest BCUT2D eigenvalue weighted by molar-refractivity contribution is 0.0995. The largest absolute Gasteiger partial charge is 0.493 e. The average Bonchev–Trinajstić information content (AvgIpc) is 3.35. The van der Waals surface area contributed by atoms with Crippen LogP contribution in [0.3, 0.4) is 0 Å². The van der Waals surface area contributed by atoms with Crippen molar-refractivity contribution in [2.75, 3.05) is 6.61 Å². The smallest absolute Gasteiger partial charge is 0.277 e. The molecule has 6 nitrogen and oxygen atoms in total. The SMILES string of the molecule is CCOc1ccccc1-c1nnc(SC(C)C(=O)c2c[nH]c3ccccc23)o1. The van der Waals surface area contributed by atoms with Crippen LogP contribution in [0.1, 0.15) is 24.2 Å². The number of nitrogens with zero attached hydrogens (tertiary/aromatic N) is 2. The lowest BCUT2D eigenvalue weighted by Gasteiger charge is -2.07. The summed E-state index contributed by atoms with van der Waals surface area (Å²) in [5.41, 5.74) is 2.34. The number of Topliss-reactive ketones (excluding diaryl/α,β-unsaturated/α-hetero) is 1. The molecule has 1 atom stereocenters. The molecule has 0 radical (unpaired) electrons. The van der Waals surface area contributed by atoms with Crippen LogP contribution in [0, 0.1) is 0 Å². The van der Waals surface area contributed by atoms with Crippen LogP contribution in [-0.2, 0) is 0 Å². The number of hydrogen-bond donors (Lipinski definition) is 1. The van der Waals surface area contributed by atoms with Gasteiger partial charge in [0.2, 0.25) is 0 Å². The van der Waals surface area contributed by atoms with Gasteiger partial charge in [0.05, 0.1) is 17.4 Å². The second-order valence-corrected chi connectivity index (χ2v) is 7.47. The lowest BCUT2D eigenvalue weighted by atomic mass is 10.1. The molecule has 0 aliphatic heterocycles. The fourth-order valence-corrected chi connectivity index (χ4v) is 3.74. The maximum Gasteiger partial charge on any atom is 0.277 e. The number of ether oxygens (including phenoxy) is 1. The average molecular weight is 393 g/mol. The van der Waals surface area contributed by atoms with Crippen molar-refractivity contribution in [1.82, 2.24) is 15.2 Å². The van der Waals surface area contributed by atoms with Gasteiger partial charge in [-0.25, -0.2) is 0 Å². The third-order valence-electron chi connectivity index (χ3n) is 4.33. The predicted molar refractivity (Wildman–Crippen MR) is 109 cm³/mol. The van der Waals surface area contributed by atoms with E-state index >= 15 is 0 Å². The molecule has 2 heterocycles. The number of hydrogen-bond acceptors (Lipinski definition) is 6. The molecule has 1 N–H and O–H groups in total. The van der Waals surface area contributed by atoms with Gasteiger partial charge in [-0.05, 0) is 32.0 Å². The Morgan fingerprint density at radius 1 is 1.18 bits per heavy atom. The molecule has 0 aliphatic rings. The second kappa shape index (κ2) is 7.90. The van der Waals surface area contributed by atoms with Gasteiger partial charge in [-0.1, -0.05) is 42.1 Å². The normalized spacial score (nSPS) is 12.2. The minimum atomic E-state index is -0.366. The molecule has 28 heavy (non-hydrogen) atoms. The van der Waals surface area contributed by atoms with Crippen LogP contribution in [0.15, 0.2) is 64.4 Å². The number of para-hydroxylation sites is 2. The highest BCUT2D eigenvalue weighted by molar-refractivity contribution is 8.00. The molecule has 142 valence electrons. The van der Waals surface area contributed by atoms with Crippen LogP contribution in [0.4, 0.5) is 0 Å². The molecule has 0 fully saturated rings. The maximum atomic E-state index is 12.9. The quantitative estimate of drug-likeness (QED) is 0.352. The van der Waals surface area contributed by atoms with E-state index in [-0.39, 0.29) is 11.0 Å². The number of rotatable bonds is 7. The number of fused-ring (bicyclic) bond motifs is 1. The Hall–Kier alpha value is -3.06. The molecule has 4 rings (SSSR count). The first-order valence-electron chi connectivity index (χ1n) is 9.00. The van der Waals surface area contributed by atoms with Gasteiger partial charge in [-0.3, -0.25) is 4.79 Å². The van der Waals surface area contributed by atoms with E-state index in [1.165, 1.54) is 11.8 Å². The van der Waals surface area contributed by atoms with Crippen molar-refractivity contribution in [2.24, 2.45) is 0 Å².